The van der Waals surface area contributed by atoms with Crippen LogP contribution in [0.15, 0.2) is 60.9 Å². The molecule has 0 atom stereocenters. The normalized spacial score (nSPS) is 10.8. The number of ether oxygens (including phenoxy) is 3. The van der Waals surface area contributed by atoms with E-state index in [0.717, 1.165) is 22.5 Å². The molecule has 2 heterocycles. The van der Waals surface area contributed by atoms with Crippen molar-refractivity contribution in [2.45, 2.75) is 27.7 Å². The fourth-order valence-electron chi connectivity index (χ4n) is 3.81. The molecule has 7 heteroatoms. The maximum Gasteiger partial charge on any atom is 0.255 e. The minimum Gasteiger partial charge on any atom is -0.490 e. The summed E-state index contributed by atoms with van der Waals surface area (Å²) in [5, 5.41) is 3.03. The van der Waals surface area contributed by atoms with E-state index in [1.54, 1.807) is 12.1 Å². The Morgan fingerprint density at radius 2 is 1.62 bits per heavy atom. The lowest BCUT2D eigenvalue weighted by atomic mass is 10.1. The van der Waals surface area contributed by atoms with Crippen molar-refractivity contribution in [1.82, 2.24) is 9.38 Å². The second-order valence-electron chi connectivity index (χ2n) is 7.65. The quantitative estimate of drug-likeness (QED) is 0.345. The molecule has 0 radical (unpaired) electrons. The second kappa shape index (κ2) is 10.3. The molecule has 34 heavy (non-hydrogen) atoms. The van der Waals surface area contributed by atoms with Crippen molar-refractivity contribution in [3.05, 3.63) is 72.1 Å². The number of rotatable bonds is 9. The number of aryl methyl sites for hydroxylation is 1. The number of anilines is 1. The van der Waals surface area contributed by atoms with E-state index >= 15 is 0 Å². The number of pyridine rings is 1. The second-order valence-corrected chi connectivity index (χ2v) is 7.65. The topological polar surface area (TPSA) is 74.1 Å². The van der Waals surface area contributed by atoms with Crippen LogP contribution in [0.4, 0.5) is 5.69 Å². The molecule has 176 valence electrons. The highest BCUT2D eigenvalue weighted by molar-refractivity contribution is 6.07. The lowest BCUT2D eigenvalue weighted by Crippen LogP contribution is -2.14. The minimum absolute atomic E-state index is 0.280. The van der Waals surface area contributed by atoms with Crippen LogP contribution in [0.1, 0.15) is 36.7 Å². The van der Waals surface area contributed by atoms with E-state index in [-0.39, 0.29) is 5.91 Å². The maximum atomic E-state index is 13.3. The number of benzene rings is 2. The van der Waals surface area contributed by atoms with E-state index in [1.807, 2.05) is 80.9 Å². The summed E-state index contributed by atoms with van der Waals surface area (Å²) in [7, 11) is 0. The SMILES string of the molecule is CCOc1cc(C(=O)Nc2ccccc2-c2cn3cccc(C)c3n2)cc(OCC)c1OCC. The summed E-state index contributed by atoms with van der Waals surface area (Å²) in [6, 6.07) is 15.0. The molecule has 1 amide bonds. The molecule has 2 aromatic heterocycles. The van der Waals surface area contributed by atoms with Crippen LogP contribution in [-0.2, 0) is 0 Å². The molecule has 0 fully saturated rings. The van der Waals surface area contributed by atoms with Crippen LogP contribution in [0.2, 0.25) is 0 Å². The van der Waals surface area contributed by atoms with Crippen molar-refractivity contribution < 1.29 is 19.0 Å². The van der Waals surface area contributed by atoms with Crippen molar-refractivity contribution >= 4 is 17.2 Å². The van der Waals surface area contributed by atoms with Crippen LogP contribution in [0.25, 0.3) is 16.9 Å². The summed E-state index contributed by atoms with van der Waals surface area (Å²) in [5.41, 5.74) is 4.65. The monoisotopic (exact) mass is 459 g/mol. The Balaban J connectivity index is 1.70. The molecule has 1 N–H and O–H groups in total. The Labute approximate surface area is 199 Å². The number of nitrogens with one attached hydrogen (secondary N) is 1. The Morgan fingerprint density at radius 1 is 0.941 bits per heavy atom. The van der Waals surface area contributed by atoms with Gasteiger partial charge in [-0.3, -0.25) is 4.79 Å². The number of carbonyl (C=O) groups excluding carboxylic acids is 1. The summed E-state index contributed by atoms with van der Waals surface area (Å²) in [6.45, 7) is 9.02. The molecule has 2 aromatic carbocycles. The first-order chi connectivity index (χ1) is 16.5. The summed E-state index contributed by atoms with van der Waals surface area (Å²) in [4.78, 5) is 18.1. The third kappa shape index (κ3) is 4.69. The summed E-state index contributed by atoms with van der Waals surface area (Å²) in [5.74, 6) is 1.18. The third-order valence-corrected chi connectivity index (χ3v) is 5.30. The van der Waals surface area contributed by atoms with E-state index in [9.17, 15) is 4.79 Å². The van der Waals surface area contributed by atoms with Gasteiger partial charge in [0.2, 0.25) is 5.75 Å². The largest absolute Gasteiger partial charge is 0.490 e. The predicted octanol–water partition coefficient (Wildman–Crippen LogP) is 5.76. The first-order valence-corrected chi connectivity index (χ1v) is 11.5. The maximum absolute atomic E-state index is 13.3. The number of amides is 1. The van der Waals surface area contributed by atoms with Gasteiger partial charge in [0.05, 0.1) is 31.2 Å². The first kappa shape index (κ1) is 23.2. The van der Waals surface area contributed by atoms with Crippen molar-refractivity contribution in [1.29, 1.82) is 0 Å². The van der Waals surface area contributed by atoms with E-state index in [2.05, 4.69) is 5.32 Å². The standard InChI is InChI=1S/C27H29N3O4/c1-5-32-23-15-19(16-24(33-6-2)25(23)34-7-3)27(31)29-21-13-9-8-12-20(21)22-17-30-14-10-11-18(4)26(30)28-22/h8-17H,5-7H2,1-4H3,(H,29,31). The highest BCUT2D eigenvalue weighted by Gasteiger charge is 2.20. The summed E-state index contributed by atoms with van der Waals surface area (Å²) < 4.78 is 19.2. The van der Waals surface area contributed by atoms with E-state index in [4.69, 9.17) is 19.2 Å². The molecule has 0 saturated heterocycles. The van der Waals surface area contributed by atoms with Gasteiger partial charge in [0.15, 0.2) is 11.5 Å². The van der Waals surface area contributed by atoms with Gasteiger partial charge in [-0.25, -0.2) is 4.98 Å². The zero-order valence-electron chi connectivity index (χ0n) is 19.9. The number of hydrogen-bond donors (Lipinski definition) is 1. The molecule has 0 unspecified atom stereocenters. The molecule has 0 spiro atoms. The summed E-state index contributed by atoms with van der Waals surface area (Å²) in [6.07, 6.45) is 3.93. The van der Waals surface area contributed by atoms with Crippen molar-refractivity contribution in [3.63, 3.8) is 0 Å². The lowest BCUT2D eigenvalue weighted by molar-refractivity contribution is 0.102. The molecule has 0 saturated carbocycles. The predicted molar refractivity (Wildman–Crippen MR) is 133 cm³/mol. The number of imidazole rings is 1. The zero-order valence-corrected chi connectivity index (χ0v) is 19.9. The fourth-order valence-corrected chi connectivity index (χ4v) is 3.81. The Morgan fingerprint density at radius 3 is 2.26 bits per heavy atom. The smallest absolute Gasteiger partial charge is 0.255 e. The molecule has 4 rings (SSSR count). The van der Waals surface area contributed by atoms with Crippen LogP contribution < -0.4 is 19.5 Å². The van der Waals surface area contributed by atoms with Gasteiger partial charge in [-0.1, -0.05) is 24.3 Å². The average molecular weight is 460 g/mol. The lowest BCUT2D eigenvalue weighted by Gasteiger charge is -2.17. The van der Waals surface area contributed by atoms with Crippen LogP contribution in [0.5, 0.6) is 17.2 Å². The number of carbonyl (C=O) groups is 1. The molecular formula is C27H29N3O4. The first-order valence-electron chi connectivity index (χ1n) is 11.5. The van der Waals surface area contributed by atoms with E-state index in [1.165, 1.54) is 0 Å². The third-order valence-electron chi connectivity index (χ3n) is 5.30. The highest BCUT2D eigenvalue weighted by atomic mass is 16.5. The fraction of sp³-hybridized carbons (Fsp3) is 0.259. The number of nitrogens with zero attached hydrogens (tertiary/aromatic N) is 2. The van der Waals surface area contributed by atoms with Crippen LogP contribution in [0, 0.1) is 6.92 Å². The molecule has 0 bridgehead atoms. The molecular weight excluding hydrogens is 430 g/mol. The molecule has 4 aromatic rings. The van der Waals surface area contributed by atoms with Gasteiger partial charge < -0.3 is 23.9 Å². The number of aromatic nitrogens is 2. The van der Waals surface area contributed by atoms with Gasteiger partial charge in [-0.2, -0.15) is 0 Å². The average Bonchev–Trinajstić information content (AvgIpc) is 3.27. The zero-order chi connectivity index (χ0) is 24.1. The molecule has 7 nitrogen and oxygen atoms in total. The number of fused-ring (bicyclic) bond motifs is 1. The van der Waals surface area contributed by atoms with Gasteiger partial charge in [0.25, 0.3) is 5.91 Å². The Bertz CT molecular complexity index is 1290. The van der Waals surface area contributed by atoms with Crippen molar-refractivity contribution in [3.8, 4) is 28.5 Å². The van der Waals surface area contributed by atoms with Crippen molar-refractivity contribution in [2.24, 2.45) is 0 Å². The Hall–Kier alpha value is -4.00. The van der Waals surface area contributed by atoms with Gasteiger partial charge in [0.1, 0.15) is 5.65 Å². The highest BCUT2D eigenvalue weighted by Crippen LogP contribution is 2.39. The molecule has 0 aliphatic heterocycles. The Kier molecular flexibility index (Phi) is 7.01. The van der Waals surface area contributed by atoms with E-state index in [0.29, 0.717) is 48.3 Å². The molecule has 0 aliphatic rings. The summed E-state index contributed by atoms with van der Waals surface area (Å²) >= 11 is 0. The van der Waals surface area contributed by atoms with Crippen LogP contribution in [-0.4, -0.2) is 35.1 Å². The van der Waals surface area contributed by atoms with Gasteiger partial charge in [-0.05, 0) is 57.5 Å². The van der Waals surface area contributed by atoms with Gasteiger partial charge in [-0.15, -0.1) is 0 Å². The number of hydrogen-bond acceptors (Lipinski definition) is 5. The minimum atomic E-state index is -0.280. The van der Waals surface area contributed by atoms with Crippen LogP contribution in [0.3, 0.4) is 0 Å². The van der Waals surface area contributed by atoms with Gasteiger partial charge in [0, 0.05) is 23.5 Å². The van der Waals surface area contributed by atoms with Gasteiger partial charge >= 0.3 is 0 Å². The molecule has 0 aliphatic carbocycles. The number of para-hydroxylation sites is 1. The van der Waals surface area contributed by atoms with Crippen LogP contribution >= 0.6 is 0 Å². The van der Waals surface area contributed by atoms with E-state index < -0.39 is 0 Å². The van der Waals surface area contributed by atoms with Crippen molar-refractivity contribution in [2.75, 3.05) is 25.1 Å².